The van der Waals surface area contributed by atoms with Gasteiger partial charge in [-0.25, -0.2) is 8.78 Å². The van der Waals surface area contributed by atoms with Crippen LogP contribution in [0.25, 0.3) is 0 Å². The Bertz CT molecular complexity index is 432. The van der Waals surface area contributed by atoms with Crippen LogP contribution in [-0.4, -0.2) is 18.0 Å². The van der Waals surface area contributed by atoms with Crippen molar-refractivity contribution in [2.24, 2.45) is 0 Å². The van der Waals surface area contributed by atoms with Gasteiger partial charge in [0.2, 0.25) is 0 Å². The summed E-state index contributed by atoms with van der Waals surface area (Å²) in [5.74, 6) is -2.13. The van der Waals surface area contributed by atoms with Crippen LogP contribution in [0, 0.1) is 11.6 Å². The Morgan fingerprint density at radius 3 is 2.56 bits per heavy atom. The molecule has 1 aromatic carbocycles. The van der Waals surface area contributed by atoms with E-state index in [9.17, 15) is 13.6 Å². The van der Waals surface area contributed by atoms with Crippen LogP contribution in [0.1, 0.15) is 32.8 Å². The molecule has 2 nitrogen and oxygen atoms in total. The molecular weight excluding hydrogens is 238 g/mol. The number of rotatable bonds is 6. The van der Waals surface area contributed by atoms with Crippen LogP contribution in [-0.2, 0) is 16.0 Å². The third-order valence-corrected chi connectivity index (χ3v) is 3.11. The molecular formula is C14H18F2O2. The predicted octanol–water partition coefficient (Wildman–Crippen LogP) is 3.28. The molecule has 1 rings (SSSR count). The van der Waals surface area contributed by atoms with Gasteiger partial charge in [0.15, 0.2) is 17.4 Å². The highest BCUT2D eigenvalue weighted by atomic mass is 19.2. The normalized spacial score (nSPS) is 14.3. The molecule has 1 unspecified atom stereocenters. The smallest absolute Gasteiger partial charge is 0.168 e. The van der Waals surface area contributed by atoms with Crippen LogP contribution in [0.3, 0.4) is 0 Å². The van der Waals surface area contributed by atoms with Crippen molar-refractivity contribution in [1.29, 1.82) is 0 Å². The Morgan fingerprint density at radius 2 is 2.00 bits per heavy atom. The van der Waals surface area contributed by atoms with Crippen molar-refractivity contribution in [3.63, 3.8) is 0 Å². The van der Waals surface area contributed by atoms with Crippen molar-refractivity contribution in [3.8, 4) is 0 Å². The van der Waals surface area contributed by atoms with Crippen LogP contribution < -0.4 is 0 Å². The van der Waals surface area contributed by atoms with Crippen molar-refractivity contribution in [2.75, 3.05) is 6.61 Å². The van der Waals surface area contributed by atoms with E-state index < -0.39 is 17.2 Å². The van der Waals surface area contributed by atoms with Gasteiger partial charge in [-0.1, -0.05) is 19.1 Å². The van der Waals surface area contributed by atoms with Crippen LogP contribution in [0.4, 0.5) is 8.78 Å². The Hall–Kier alpha value is -1.29. The van der Waals surface area contributed by atoms with Crippen molar-refractivity contribution in [3.05, 3.63) is 35.4 Å². The lowest BCUT2D eigenvalue weighted by molar-refractivity contribution is -0.141. The largest absolute Gasteiger partial charge is 0.368 e. The molecule has 0 spiro atoms. The second-order valence-electron chi connectivity index (χ2n) is 4.33. The first kappa shape index (κ1) is 14.8. The Labute approximate surface area is 106 Å². The molecule has 100 valence electrons. The molecule has 0 amide bonds. The lowest BCUT2D eigenvalue weighted by Crippen LogP contribution is -2.39. The molecule has 0 N–H and O–H groups in total. The summed E-state index contributed by atoms with van der Waals surface area (Å²) in [5.41, 5.74) is -0.868. The van der Waals surface area contributed by atoms with Crippen LogP contribution in [0.2, 0.25) is 0 Å². The molecule has 0 bridgehead atoms. The molecule has 1 aromatic rings. The van der Waals surface area contributed by atoms with E-state index in [1.54, 1.807) is 13.8 Å². The highest BCUT2D eigenvalue weighted by Gasteiger charge is 2.32. The van der Waals surface area contributed by atoms with E-state index in [0.29, 0.717) is 13.0 Å². The van der Waals surface area contributed by atoms with E-state index in [1.165, 1.54) is 12.1 Å². The average molecular weight is 256 g/mol. The summed E-state index contributed by atoms with van der Waals surface area (Å²) >= 11 is 0. The SMILES string of the molecule is CCOC(C)(CC)C(=O)Cc1cccc(F)c1F. The Balaban J connectivity index is 2.90. The molecule has 0 saturated carbocycles. The van der Waals surface area contributed by atoms with Crippen LogP contribution in [0.5, 0.6) is 0 Å². The third kappa shape index (κ3) is 3.13. The summed E-state index contributed by atoms with van der Waals surface area (Å²) < 4.78 is 31.9. The lowest BCUT2D eigenvalue weighted by Gasteiger charge is -2.26. The van der Waals surface area contributed by atoms with Crippen molar-refractivity contribution >= 4 is 5.78 Å². The molecule has 18 heavy (non-hydrogen) atoms. The van der Waals surface area contributed by atoms with Crippen molar-refractivity contribution < 1.29 is 18.3 Å². The number of benzene rings is 1. The van der Waals surface area contributed by atoms with E-state index in [2.05, 4.69) is 0 Å². The molecule has 0 aliphatic rings. The summed E-state index contributed by atoms with van der Waals surface area (Å²) in [5, 5.41) is 0. The minimum absolute atomic E-state index is 0.0689. The fraction of sp³-hybridized carbons (Fsp3) is 0.500. The average Bonchev–Trinajstić information content (AvgIpc) is 2.35. The minimum Gasteiger partial charge on any atom is -0.368 e. The number of carbonyl (C=O) groups is 1. The molecule has 4 heteroatoms. The van der Waals surface area contributed by atoms with Gasteiger partial charge in [-0.05, 0) is 31.9 Å². The summed E-state index contributed by atoms with van der Waals surface area (Å²) in [7, 11) is 0. The van der Waals surface area contributed by atoms with Gasteiger partial charge in [-0.15, -0.1) is 0 Å². The van der Waals surface area contributed by atoms with Gasteiger partial charge >= 0.3 is 0 Å². The summed E-state index contributed by atoms with van der Waals surface area (Å²) in [6.07, 6.45) is 0.338. The zero-order chi connectivity index (χ0) is 13.8. The van der Waals surface area contributed by atoms with Gasteiger partial charge in [0.1, 0.15) is 5.60 Å². The summed E-state index contributed by atoms with van der Waals surface area (Å²) in [6.45, 7) is 5.71. The van der Waals surface area contributed by atoms with Crippen molar-refractivity contribution in [1.82, 2.24) is 0 Å². The maximum Gasteiger partial charge on any atom is 0.168 e. The fourth-order valence-corrected chi connectivity index (χ4v) is 1.74. The van der Waals surface area contributed by atoms with Gasteiger partial charge in [-0.2, -0.15) is 0 Å². The monoisotopic (exact) mass is 256 g/mol. The van der Waals surface area contributed by atoms with E-state index in [4.69, 9.17) is 4.74 Å². The molecule has 1 atom stereocenters. The first-order valence-corrected chi connectivity index (χ1v) is 6.04. The van der Waals surface area contributed by atoms with Gasteiger partial charge in [0.25, 0.3) is 0 Å². The minimum atomic E-state index is -0.958. The number of ether oxygens (including phenoxy) is 1. The number of ketones is 1. The van der Waals surface area contributed by atoms with Gasteiger partial charge in [0.05, 0.1) is 0 Å². The third-order valence-electron chi connectivity index (χ3n) is 3.11. The van der Waals surface area contributed by atoms with Gasteiger partial charge in [0, 0.05) is 13.0 Å². The molecule has 0 heterocycles. The molecule has 0 aliphatic heterocycles. The van der Waals surface area contributed by atoms with E-state index in [0.717, 1.165) is 6.07 Å². The number of Topliss-reactive ketones (excluding diaryl/α,β-unsaturated/α-hetero) is 1. The molecule has 0 radical (unpaired) electrons. The quantitative estimate of drug-likeness (QED) is 0.780. The zero-order valence-corrected chi connectivity index (χ0v) is 10.9. The second-order valence-corrected chi connectivity index (χ2v) is 4.33. The standard InChI is InChI=1S/C14H18F2O2/c1-4-14(3,18-5-2)12(17)9-10-7-6-8-11(15)13(10)16/h6-8H,4-5,9H2,1-3H3. The topological polar surface area (TPSA) is 26.3 Å². The first-order chi connectivity index (χ1) is 8.44. The summed E-state index contributed by atoms with van der Waals surface area (Å²) in [6, 6.07) is 3.84. The maximum absolute atomic E-state index is 13.5. The lowest BCUT2D eigenvalue weighted by atomic mass is 9.92. The molecule has 0 aliphatic carbocycles. The predicted molar refractivity (Wildman–Crippen MR) is 65.4 cm³/mol. The Morgan fingerprint density at radius 1 is 1.33 bits per heavy atom. The number of hydrogen-bond donors (Lipinski definition) is 0. The molecule has 0 aromatic heterocycles. The van der Waals surface area contributed by atoms with E-state index in [1.807, 2.05) is 6.92 Å². The number of hydrogen-bond acceptors (Lipinski definition) is 2. The second kappa shape index (κ2) is 6.05. The van der Waals surface area contributed by atoms with E-state index >= 15 is 0 Å². The van der Waals surface area contributed by atoms with Crippen LogP contribution >= 0.6 is 0 Å². The highest BCUT2D eigenvalue weighted by molar-refractivity contribution is 5.88. The first-order valence-electron chi connectivity index (χ1n) is 6.04. The fourth-order valence-electron chi connectivity index (χ4n) is 1.74. The Kier molecular flexibility index (Phi) is 4.96. The van der Waals surface area contributed by atoms with E-state index in [-0.39, 0.29) is 17.8 Å². The molecule has 0 fully saturated rings. The highest BCUT2D eigenvalue weighted by Crippen LogP contribution is 2.21. The zero-order valence-electron chi connectivity index (χ0n) is 10.9. The van der Waals surface area contributed by atoms with Gasteiger partial charge < -0.3 is 4.74 Å². The van der Waals surface area contributed by atoms with Gasteiger partial charge in [-0.3, -0.25) is 4.79 Å². The van der Waals surface area contributed by atoms with Crippen molar-refractivity contribution in [2.45, 2.75) is 39.2 Å². The summed E-state index contributed by atoms with van der Waals surface area (Å²) in [4.78, 5) is 12.1. The maximum atomic E-state index is 13.5. The number of halogens is 2. The number of carbonyl (C=O) groups excluding carboxylic acids is 1. The molecule has 0 saturated heterocycles. The van der Waals surface area contributed by atoms with Crippen LogP contribution in [0.15, 0.2) is 18.2 Å².